The van der Waals surface area contributed by atoms with Gasteiger partial charge in [-0.1, -0.05) is 24.2 Å². The number of benzene rings is 1. The van der Waals surface area contributed by atoms with Crippen molar-refractivity contribution >= 4 is 15.7 Å². The van der Waals surface area contributed by atoms with Gasteiger partial charge in [-0.25, -0.2) is 8.42 Å². The number of amides is 1. The van der Waals surface area contributed by atoms with Crippen molar-refractivity contribution in [2.75, 3.05) is 18.8 Å². The van der Waals surface area contributed by atoms with E-state index >= 15 is 0 Å². The first kappa shape index (κ1) is 18.6. The second-order valence-corrected chi connectivity index (χ2v) is 8.66. The number of aromatic nitrogens is 2. The number of aryl methyl sites for hydroxylation is 1. The van der Waals surface area contributed by atoms with Crippen LogP contribution in [0.15, 0.2) is 33.7 Å². The second kappa shape index (κ2) is 7.57. The maximum atomic E-state index is 13.0. The Hall–Kier alpha value is -2.22. The quantitative estimate of drug-likeness (QED) is 0.795. The molecule has 0 N–H and O–H groups in total. The molecule has 1 atom stereocenters. The van der Waals surface area contributed by atoms with Gasteiger partial charge in [-0.15, -0.1) is 0 Å². The minimum Gasteiger partial charge on any atom is -0.339 e. The van der Waals surface area contributed by atoms with E-state index < -0.39 is 9.84 Å². The van der Waals surface area contributed by atoms with Crippen molar-refractivity contribution in [3.05, 3.63) is 41.5 Å². The van der Waals surface area contributed by atoms with Crippen LogP contribution in [0.4, 0.5) is 0 Å². The van der Waals surface area contributed by atoms with Crippen molar-refractivity contribution in [1.82, 2.24) is 15.0 Å². The fourth-order valence-electron chi connectivity index (χ4n) is 3.31. The van der Waals surface area contributed by atoms with Gasteiger partial charge in [0.05, 0.1) is 22.1 Å². The number of nitrogens with zero attached hydrogens (tertiary/aromatic N) is 3. The summed E-state index contributed by atoms with van der Waals surface area (Å²) < 4.78 is 30.3. The van der Waals surface area contributed by atoms with Crippen LogP contribution in [0, 0.1) is 6.92 Å². The molecule has 0 saturated carbocycles. The lowest BCUT2D eigenvalue weighted by Gasteiger charge is -2.31. The Morgan fingerprint density at radius 2 is 2.12 bits per heavy atom. The molecule has 1 aromatic heterocycles. The highest BCUT2D eigenvalue weighted by molar-refractivity contribution is 7.91. The maximum absolute atomic E-state index is 13.0. The number of hydrogen-bond acceptors (Lipinski definition) is 6. The molecule has 1 aliphatic rings. The van der Waals surface area contributed by atoms with Crippen LogP contribution in [-0.2, 0) is 9.84 Å². The highest BCUT2D eigenvalue weighted by Crippen LogP contribution is 2.28. The molecule has 3 rings (SSSR count). The molecule has 0 bridgehead atoms. The number of carbonyl (C=O) groups is 1. The molecule has 1 amide bonds. The monoisotopic (exact) mass is 377 g/mol. The third-order valence-electron chi connectivity index (χ3n) is 4.53. The van der Waals surface area contributed by atoms with Gasteiger partial charge in [0.15, 0.2) is 15.7 Å². The smallest absolute Gasteiger partial charge is 0.255 e. The number of likely N-dealkylation sites (tertiary alicyclic amines) is 1. The average Bonchev–Trinajstić information content (AvgIpc) is 3.08. The molecule has 1 aromatic carbocycles. The first-order chi connectivity index (χ1) is 12.4. The van der Waals surface area contributed by atoms with E-state index in [1.807, 2.05) is 6.92 Å². The number of carbonyl (C=O) groups excluding carboxylic acids is 1. The van der Waals surface area contributed by atoms with Gasteiger partial charge in [-0.2, -0.15) is 4.98 Å². The highest BCUT2D eigenvalue weighted by Gasteiger charge is 2.31. The topological polar surface area (TPSA) is 93.4 Å². The molecule has 1 fully saturated rings. The molecule has 1 aliphatic heterocycles. The lowest BCUT2D eigenvalue weighted by atomic mass is 9.97. The van der Waals surface area contributed by atoms with E-state index in [0.29, 0.717) is 31.2 Å². The molecule has 26 heavy (non-hydrogen) atoms. The van der Waals surface area contributed by atoms with Crippen LogP contribution in [0.1, 0.15) is 54.2 Å². The Labute approximate surface area is 153 Å². The second-order valence-electron chi connectivity index (χ2n) is 6.59. The van der Waals surface area contributed by atoms with Crippen LogP contribution in [0.3, 0.4) is 0 Å². The summed E-state index contributed by atoms with van der Waals surface area (Å²) in [6, 6.07) is 6.45. The zero-order valence-electron chi connectivity index (χ0n) is 15.0. The fourth-order valence-corrected chi connectivity index (χ4v) is 4.84. The Morgan fingerprint density at radius 3 is 2.81 bits per heavy atom. The van der Waals surface area contributed by atoms with Crippen LogP contribution in [0.2, 0.25) is 0 Å². The normalized spacial score (nSPS) is 18.1. The maximum Gasteiger partial charge on any atom is 0.255 e. The summed E-state index contributed by atoms with van der Waals surface area (Å²) in [5.74, 6) is 0.849. The Bertz CT molecular complexity index is 891. The minimum absolute atomic E-state index is 0.0201. The predicted molar refractivity (Wildman–Crippen MR) is 95.7 cm³/mol. The van der Waals surface area contributed by atoms with Gasteiger partial charge in [0, 0.05) is 13.1 Å². The lowest BCUT2D eigenvalue weighted by Crippen LogP contribution is -2.39. The molecular formula is C18H23N3O4S. The molecule has 0 aliphatic carbocycles. The van der Waals surface area contributed by atoms with Gasteiger partial charge in [-0.05, 0) is 38.3 Å². The van der Waals surface area contributed by atoms with Gasteiger partial charge in [0.2, 0.25) is 5.89 Å². The molecule has 0 unspecified atom stereocenters. The SMILES string of the molecule is CCCS(=O)(=O)c1ccccc1C(=O)N1CCC[C@H](c2nc(C)no2)C1. The van der Waals surface area contributed by atoms with E-state index in [2.05, 4.69) is 10.1 Å². The molecule has 1 saturated heterocycles. The third-order valence-corrected chi connectivity index (χ3v) is 6.50. The van der Waals surface area contributed by atoms with Crippen LogP contribution < -0.4 is 0 Å². The van der Waals surface area contributed by atoms with Crippen LogP contribution >= 0.6 is 0 Å². The first-order valence-electron chi connectivity index (χ1n) is 8.83. The van der Waals surface area contributed by atoms with Gasteiger partial charge in [0.25, 0.3) is 5.91 Å². The van der Waals surface area contributed by atoms with Gasteiger partial charge in [0.1, 0.15) is 0 Å². The summed E-state index contributed by atoms with van der Waals surface area (Å²) in [5, 5.41) is 3.82. The van der Waals surface area contributed by atoms with E-state index in [-0.39, 0.29) is 28.0 Å². The van der Waals surface area contributed by atoms with E-state index in [1.165, 1.54) is 6.07 Å². The molecule has 2 aromatic rings. The summed E-state index contributed by atoms with van der Waals surface area (Å²) in [4.78, 5) is 19.1. The average molecular weight is 377 g/mol. The molecule has 0 radical (unpaired) electrons. The van der Waals surface area contributed by atoms with E-state index in [0.717, 1.165) is 12.8 Å². The summed E-state index contributed by atoms with van der Waals surface area (Å²) in [6.45, 7) is 4.60. The van der Waals surface area contributed by atoms with E-state index in [4.69, 9.17) is 4.52 Å². The molecule has 140 valence electrons. The first-order valence-corrected chi connectivity index (χ1v) is 10.5. The van der Waals surface area contributed by atoms with Gasteiger partial charge < -0.3 is 9.42 Å². The molecular weight excluding hydrogens is 354 g/mol. The fraction of sp³-hybridized carbons (Fsp3) is 0.500. The Morgan fingerprint density at radius 1 is 1.35 bits per heavy atom. The zero-order valence-corrected chi connectivity index (χ0v) is 15.8. The number of rotatable bonds is 5. The molecule has 2 heterocycles. The van der Waals surface area contributed by atoms with E-state index in [1.54, 1.807) is 30.0 Å². The lowest BCUT2D eigenvalue weighted by molar-refractivity contribution is 0.0691. The molecule has 0 spiro atoms. The zero-order chi connectivity index (χ0) is 18.7. The van der Waals surface area contributed by atoms with Crippen molar-refractivity contribution in [3.8, 4) is 0 Å². The predicted octanol–water partition coefficient (Wildman–Crippen LogP) is 2.58. The van der Waals surface area contributed by atoms with Gasteiger partial charge in [-0.3, -0.25) is 4.79 Å². The van der Waals surface area contributed by atoms with Crippen LogP contribution in [-0.4, -0.2) is 48.2 Å². The van der Waals surface area contributed by atoms with Gasteiger partial charge >= 0.3 is 0 Å². The number of hydrogen-bond donors (Lipinski definition) is 0. The number of piperidine rings is 1. The Balaban J connectivity index is 1.85. The van der Waals surface area contributed by atoms with Crippen molar-refractivity contribution in [3.63, 3.8) is 0 Å². The molecule has 7 nitrogen and oxygen atoms in total. The standard InChI is InChI=1S/C18H23N3O4S/c1-3-11-26(23,24)16-9-5-4-8-15(16)18(22)21-10-6-7-14(12-21)17-19-13(2)20-25-17/h4-5,8-9,14H,3,6-7,10-12H2,1-2H3/t14-/m0/s1. The Kier molecular flexibility index (Phi) is 5.41. The van der Waals surface area contributed by atoms with Crippen LogP contribution in [0.25, 0.3) is 0 Å². The molecule has 8 heteroatoms. The van der Waals surface area contributed by atoms with Crippen molar-refractivity contribution < 1.29 is 17.7 Å². The van der Waals surface area contributed by atoms with Crippen molar-refractivity contribution in [1.29, 1.82) is 0 Å². The highest BCUT2D eigenvalue weighted by atomic mass is 32.2. The summed E-state index contributed by atoms with van der Waals surface area (Å²) in [5.41, 5.74) is 0.239. The summed E-state index contributed by atoms with van der Waals surface area (Å²) in [7, 11) is -3.48. The largest absolute Gasteiger partial charge is 0.339 e. The summed E-state index contributed by atoms with van der Waals surface area (Å²) in [6.07, 6.45) is 2.18. The minimum atomic E-state index is -3.48. The number of sulfone groups is 1. The van der Waals surface area contributed by atoms with Crippen LogP contribution in [0.5, 0.6) is 0 Å². The van der Waals surface area contributed by atoms with Crippen molar-refractivity contribution in [2.24, 2.45) is 0 Å². The van der Waals surface area contributed by atoms with Crippen molar-refractivity contribution in [2.45, 2.75) is 43.9 Å². The van der Waals surface area contributed by atoms with E-state index in [9.17, 15) is 13.2 Å². The summed E-state index contributed by atoms with van der Waals surface area (Å²) >= 11 is 0. The third kappa shape index (κ3) is 3.80.